The minimum absolute atomic E-state index is 0.144. The molecule has 0 bridgehead atoms. The molecule has 0 radical (unpaired) electrons. The van der Waals surface area contributed by atoms with Gasteiger partial charge in [0.2, 0.25) is 5.79 Å². The number of nitrogens with two attached hydrogens (primary N) is 1. The highest BCUT2D eigenvalue weighted by atomic mass is 35.5. The summed E-state index contributed by atoms with van der Waals surface area (Å²) >= 11 is 5.27. The summed E-state index contributed by atoms with van der Waals surface area (Å²) in [6.45, 7) is -0.144. The molecule has 0 aromatic carbocycles. The lowest BCUT2D eigenvalue weighted by atomic mass is 10.3. The first-order valence-electron chi connectivity index (χ1n) is 2.33. The van der Waals surface area contributed by atoms with Gasteiger partial charge >= 0.3 is 0 Å². The Hall–Kier alpha value is -0.480. The molecule has 0 saturated carbocycles. The third kappa shape index (κ3) is 1.25. The van der Waals surface area contributed by atoms with Crippen LogP contribution in [0.25, 0.3) is 0 Å². The van der Waals surface area contributed by atoms with E-state index in [2.05, 4.69) is 9.98 Å². The van der Waals surface area contributed by atoms with Crippen molar-refractivity contribution < 1.29 is 4.39 Å². The monoisotopic (exact) mass is 149 g/mol. The van der Waals surface area contributed by atoms with E-state index in [1.165, 1.54) is 6.34 Å². The van der Waals surface area contributed by atoms with Crippen LogP contribution in [0.1, 0.15) is 0 Å². The second kappa shape index (κ2) is 2.04. The van der Waals surface area contributed by atoms with Gasteiger partial charge < -0.3 is 0 Å². The van der Waals surface area contributed by atoms with E-state index in [-0.39, 0.29) is 11.7 Å². The molecular weight excluding hydrogens is 145 g/mol. The van der Waals surface area contributed by atoms with Crippen LogP contribution in [0.15, 0.2) is 9.98 Å². The van der Waals surface area contributed by atoms with Crippen LogP contribution >= 0.6 is 11.6 Å². The van der Waals surface area contributed by atoms with Crippen molar-refractivity contribution in [1.29, 1.82) is 0 Å². The number of rotatable bonds is 0. The average molecular weight is 150 g/mol. The maximum Gasteiger partial charge on any atom is 0.232 e. The third-order valence-corrected chi connectivity index (χ3v) is 1.33. The summed E-state index contributed by atoms with van der Waals surface area (Å²) in [5.41, 5.74) is 4.98. The molecule has 0 fully saturated rings. The normalized spacial score (nSPS) is 34.3. The Morgan fingerprint density at radius 3 is 2.89 bits per heavy atom. The highest BCUT2D eigenvalue weighted by Crippen LogP contribution is 2.12. The first-order chi connectivity index (χ1) is 4.13. The van der Waals surface area contributed by atoms with Gasteiger partial charge in [-0.15, -0.1) is 0 Å². The van der Waals surface area contributed by atoms with Crippen LogP contribution in [0.5, 0.6) is 0 Å². The molecule has 0 unspecified atom stereocenters. The Balaban J connectivity index is 2.83. The lowest BCUT2D eigenvalue weighted by Crippen LogP contribution is -2.45. The molecule has 1 heterocycles. The van der Waals surface area contributed by atoms with Gasteiger partial charge in [0.15, 0.2) is 5.17 Å². The molecule has 1 aliphatic heterocycles. The summed E-state index contributed by atoms with van der Waals surface area (Å²) in [5.74, 6) is -2.05. The summed E-state index contributed by atoms with van der Waals surface area (Å²) in [5, 5.41) is -0.238. The smallest absolute Gasteiger partial charge is 0.232 e. The van der Waals surface area contributed by atoms with Crippen molar-refractivity contribution in [2.24, 2.45) is 15.7 Å². The standard InChI is InChI=1S/C4H5ClFN3/c5-3-4(6,7)1-8-2-9-3/h2H,1,7H2/t4-/m1/s1. The fraction of sp³-hybridized carbons (Fsp3) is 0.500. The van der Waals surface area contributed by atoms with Crippen LogP contribution in [-0.2, 0) is 0 Å². The van der Waals surface area contributed by atoms with Gasteiger partial charge in [0.05, 0.1) is 6.54 Å². The van der Waals surface area contributed by atoms with E-state index in [1.807, 2.05) is 0 Å². The van der Waals surface area contributed by atoms with Gasteiger partial charge in [-0.3, -0.25) is 10.7 Å². The van der Waals surface area contributed by atoms with Gasteiger partial charge in [0, 0.05) is 0 Å². The molecule has 1 rings (SSSR count). The molecule has 1 aliphatic rings. The highest BCUT2D eigenvalue weighted by Gasteiger charge is 2.30. The van der Waals surface area contributed by atoms with E-state index in [4.69, 9.17) is 17.3 Å². The topological polar surface area (TPSA) is 50.7 Å². The highest BCUT2D eigenvalue weighted by molar-refractivity contribution is 6.68. The Labute approximate surface area is 56.4 Å². The molecule has 9 heavy (non-hydrogen) atoms. The maximum atomic E-state index is 12.7. The number of halogens is 2. The van der Waals surface area contributed by atoms with Crippen molar-refractivity contribution in [3.05, 3.63) is 0 Å². The lowest BCUT2D eigenvalue weighted by molar-refractivity contribution is 0.279. The van der Waals surface area contributed by atoms with E-state index in [9.17, 15) is 4.39 Å². The van der Waals surface area contributed by atoms with Crippen molar-refractivity contribution in [1.82, 2.24) is 0 Å². The van der Waals surface area contributed by atoms with Crippen molar-refractivity contribution in [3.8, 4) is 0 Å². The zero-order valence-corrected chi connectivity index (χ0v) is 5.27. The summed E-state index contributed by atoms with van der Waals surface area (Å²) in [6.07, 6.45) is 1.19. The quantitative estimate of drug-likeness (QED) is 0.495. The molecule has 0 aromatic heterocycles. The van der Waals surface area contributed by atoms with Gasteiger partial charge in [0.25, 0.3) is 0 Å². The second-order valence-corrected chi connectivity index (χ2v) is 2.10. The molecule has 0 aromatic rings. The summed E-state index contributed by atoms with van der Waals surface area (Å²) < 4.78 is 12.7. The molecule has 1 atom stereocenters. The first kappa shape index (κ1) is 6.64. The number of hydrogen-bond acceptors (Lipinski definition) is 3. The van der Waals surface area contributed by atoms with Crippen LogP contribution in [-0.4, -0.2) is 23.8 Å². The number of nitrogens with zero attached hydrogens (tertiary/aromatic N) is 2. The van der Waals surface area contributed by atoms with Crippen molar-refractivity contribution in [2.75, 3.05) is 6.54 Å². The van der Waals surface area contributed by atoms with Crippen LogP contribution in [0, 0.1) is 0 Å². The van der Waals surface area contributed by atoms with Crippen LogP contribution in [0.3, 0.4) is 0 Å². The summed E-state index contributed by atoms with van der Waals surface area (Å²) in [7, 11) is 0. The fourth-order valence-corrected chi connectivity index (χ4v) is 0.541. The Bertz CT molecular complexity index is 175. The SMILES string of the molecule is N[C@]1(F)CN=CN=C1Cl. The van der Waals surface area contributed by atoms with Gasteiger partial charge in [0.1, 0.15) is 6.34 Å². The predicted molar refractivity (Wildman–Crippen MR) is 34.7 cm³/mol. The van der Waals surface area contributed by atoms with Gasteiger partial charge in [-0.2, -0.15) is 0 Å². The fourth-order valence-electron chi connectivity index (χ4n) is 0.438. The van der Waals surface area contributed by atoms with Crippen molar-refractivity contribution in [3.63, 3.8) is 0 Å². The van der Waals surface area contributed by atoms with Gasteiger partial charge in [-0.1, -0.05) is 11.6 Å². The zero-order chi connectivity index (χ0) is 6.91. The molecule has 0 amide bonds. The van der Waals surface area contributed by atoms with Gasteiger partial charge in [-0.25, -0.2) is 9.38 Å². The average Bonchev–Trinajstić information content (AvgIpc) is 1.77. The van der Waals surface area contributed by atoms with Gasteiger partial charge in [-0.05, 0) is 0 Å². The van der Waals surface area contributed by atoms with Crippen LogP contribution in [0.2, 0.25) is 0 Å². The molecular formula is C4H5ClFN3. The van der Waals surface area contributed by atoms with Crippen molar-refractivity contribution in [2.45, 2.75) is 5.79 Å². The maximum absolute atomic E-state index is 12.7. The second-order valence-electron chi connectivity index (χ2n) is 1.74. The Morgan fingerprint density at radius 1 is 1.89 bits per heavy atom. The predicted octanol–water partition coefficient (Wildman–Crippen LogP) is 0.290. The largest absolute Gasteiger partial charge is 0.292 e. The minimum atomic E-state index is -2.05. The Kier molecular flexibility index (Phi) is 1.50. The lowest BCUT2D eigenvalue weighted by Gasteiger charge is -2.16. The van der Waals surface area contributed by atoms with E-state index in [1.54, 1.807) is 0 Å². The first-order valence-corrected chi connectivity index (χ1v) is 2.70. The van der Waals surface area contributed by atoms with Crippen LogP contribution < -0.4 is 5.73 Å². The molecule has 0 spiro atoms. The Morgan fingerprint density at radius 2 is 2.56 bits per heavy atom. The van der Waals surface area contributed by atoms with Crippen molar-refractivity contribution >= 4 is 23.1 Å². The molecule has 3 nitrogen and oxygen atoms in total. The third-order valence-electron chi connectivity index (χ3n) is 0.917. The molecule has 2 N–H and O–H groups in total. The van der Waals surface area contributed by atoms with E-state index >= 15 is 0 Å². The number of aliphatic imine (C=N–C) groups is 2. The van der Waals surface area contributed by atoms with E-state index in [0.717, 1.165) is 0 Å². The number of hydrogen-bond donors (Lipinski definition) is 1. The molecule has 50 valence electrons. The molecule has 5 heteroatoms. The van der Waals surface area contributed by atoms with E-state index < -0.39 is 5.79 Å². The summed E-state index contributed by atoms with van der Waals surface area (Å²) in [6, 6.07) is 0. The molecule has 0 saturated heterocycles. The minimum Gasteiger partial charge on any atom is -0.292 e. The molecule has 0 aliphatic carbocycles. The number of alkyl halides is 1. The van der Waals surface area contributed by atoms with Crippen LogP contribution in [0.4, 0.5) is 4.39 Å². The zero-order valence-electron chi connectivity index (χ0n) is 4.51. The van der Waals surface area contributed by atoms with E-state index in [0.29, 0.717) is 0 Å². The summed E-state index contributed by atoms with van der Waals surface area (Å²) in [4.78, 5) is 6.86.